The van der Waals surface area contributed by atoms with Crippen LogP contribution in [-0.2, 0) is 4.79 Å². The summed E-state index contributed by atoms with van der Waals surface area (Å²) in [7, 11) is 3.06. The first kappa shape index (κ1) is 20.9. The topological polar surface area (TPSA) is 67.9 Å². The smallest absolute Gasteiger partial charge is 0.255 e. The van der Waals surface area contributed by atoms with Crippen molar-refractivity contribution in [3.05, 3.63) is 87.9 Å². The van der Waals surface area contributed by atoms with Crippen LogP contribution in [0.5, 0.6) is 11.5 Å². The molecule has 1 atom stereocenters. The van der Waals surface area contributed by atoms with E-state index in [0.717, 1.165) is 15.6 Å². The van der Waals surface area contributed by atoms with Crippen molar-refractivity contribution in [3.63, 3.8) is 0 Å². The number of nitrogens with one attached hydrogen (secondary N) is 1. The minimum absolute atomic E-state index is 0.0843. The molecule has 1 aliphatic rings. The van der Waals surface area contributed by atoms with Gasteiger partial charge in [-0.05, 0) is 42.0 Å². The van der Waals surface area contributed by atoms with Crippen molar-refractivity contribution in [1.82, 2.24) is 4.90 Å². The largest absolute Gasteiger partial charge is 0.493 e. The van der Waals surface area contributed by atoms with Gasteiger partial charge in [-0.1, -0.05) is 46.3 Å². The van der Waals surface area contributed by atoms with Crippen LogP contribution in [0, 0.1) is 0 Å². The Morgan fingerprint density at radius 2 is 1.74 bits per heavy atom. The van der Waals surface area contributed by atoms with E-state index in [1.54, 1.807) is 30.2 Å². The molecule has 1 N–H and O–H groups in total. The molecule has 1 unspecified atom stereocenters. The van der Waals surface area contributed by atoms with E-state index in [2.05, 4.69) is 21.2 Å². The molecule has 7 heteroatoms. The van der Waals surface area contributed by atoms with Gasteiger partial charge in [-0.25, -0.2) is 0 Å². The lowest BCUT2D eigenvalue weighted by atomic mass is 9.95. The molecule has 3 aromatic rings. The monoisotopic (exact) mass is 480 g/mol. The number of rotatable bonds is 4. The van der Waals surface area contributed by atoms with Crippen LogP contribution in [-0.4, -0.2) is 37.5 Å². The first-order chi connectivity index (χ1) is 15.0. The Hall–Kier alpha value is -3.32. The quantitative estimate of drug-likeness (QED) is 0.589. The summed E-state index contributed by atoms with van der Waals surface area (Å²) in [6.45, 7) is -0.0843. The number of fused-ring (bicyclic) bond motifs is 1. The molecular weight excluding hydrogens is 460 g/mol. The van der Waals surface area contributed by atoms with E-state index in [1.165, 1.54) is 7.11 Å². The molecule has 0 spiro atoms. The van der Waals surface area contributed by atoms with Gasteiger partial charge in [-0.2, -0.15) is 0 Å². The molecule has 4 rings (SSSR count). The lowest BCUT2D eigenvalue weighted by Gasteiger charge is -2.31. The first-order valence-electron chi connectivity index (χ1n) is 9.69. The van der Waals surface area contributed by atoms with Crippen molar-refractivity contribution >= 4 is 33.4 Å². The Balaban J connectivity index is 1.86. The van der Waals surface area contributed by atoms with Gasteiger partial charge < -0.3 is 19.7 Å². The van der Waals surface area contributed by atoms with Crippen molar-refractivity contribution in [2.24, 2.45) is 0 Å². The third-order valence-corrected chi connectivity index (χ3v) is 5.71. The van der Waals surface area contributed by atoms with Crippen LogP contribution in [0.1, 0.15) is 27.5 Å². The summed E-state index contributed by atoms with van der Waals surface area (Å²) in [4.78, 5) is 28.0. The highest BCUT2D eigenvalue weighted by atomic mass is 79.9. The number of benzene rings is 3. The summed E-state index contributed by atoms with van der Waals surface area (Å²) in [6.07, 6.45) is 0. The van der Waals surface area contributed by atoms with Crippen LogP contribution in [0.4, 0.5) is 5.69 Å². The summed E-state index contributed by atoms with van der Waals surface area (Å²) < 4.78 is 11.5. The summed E-state index contributed by atoms with van der Waals surface area (Å²) >= 11 is 3.52. The number of amides is 2. The third-order valence-electron chi connectivity index (χ3n) is 5.21. The van der Waals surface area contributed by atoms with Crippen molar-refractivity contribution in [2.45, 2.75) is 6.04 Å². The summed E-state index contributed by atoms with van der Waals surface area (Å²) in [6, 6.07) is 19.9. The normalized spacial score (nSPS) is 15.5. The second-order valence-electron chi connectivity index (χ2n) is 7.10. The summed E-state index contributed by atoms with van der Waals surface area (Å²) in [5.41, 5.74) is 2.84. The maximum Gasteiger partial charge on any atom is 0.255 e. The highest BCUT2D eigenvalue weighted by Gasteiger charge is 2.34. The third kappa shape index (κ3) is 4.14. The number of hydrogen-bond donors (Lipinski definition) is 1. The number of carbonyl (C=O) groups excluding carboxylic acids is 2. The van der Waals surface area contributed by atoms with Gasteiger partial charge in [0.15, 0.2) is 11.5 Å². The zero-order valence-corrected chi connectivity index (χ0v) is 18.7. The van der Waals surface area contributed by atoms with E-state index in [-0.39, 0.29) is 18.4 Å². The predicted molar refractivity (Wildman–Crippen MR) is 122 cm³/mol. The molecule has 1 heterocycles. The molecule has 3 aromatic carbocycles. The Labute approximate surface area is 188 Å². The minimum atomic E-state index is -0.451. The van der Waals surface area contributed by atoms with Crippen LogP contribution in [0.2, 0.25) is 0 Å². The molecule has 31 heavy (non-hydrogen) atoms. The summed E-state index contributed by atoms with van der Waals surface area (Å²) in [5, 5.41) is 2.93. The van der Waals surface area contributed by atoms with Gasteiger partial charge in [0.05, 0.1) is 20.3 Å². The number of hydrogen-bond acceptors (Lipinski definition) is 4. The first-order valence-corrected chi connectivity index (χ1v) is 10.5. The fraction of sp³-hybridized carbons (Fsp3) is 0.167. The van der Waals surface area contributed by atoms with Gasteiger partial charge in [0, 0.05) is 21.3 Å². The van der Waals surface area contributed by atoms with Gasteiger partial charge in [0.2, 0.25) is 5.91 Å². The Morgan fingerprint density at radius 3 is 2.45 bits per heavy atom. The molecule has 158 valence electrons. The number of carbonyl (C=O) groups is 2. The highest BCUT2D eigenvalue weighted by molar-refractivity contribution is 9.10. The van der Waals surface area contributed by atoms with Crippen LogP contribution in [0.15, 0.2) is 71.2 Å². The van der Waals surface area contributed by atoms with Crippen LogP contribution < -0.4 is 14.8 Å². The maximum atomic E-state index is 13.7. The number of halogens is 1. The lowest BCUT2D eigenvalue weighted by molar-refractivity contribution is -0.117. The van der Waals surface area contributed by atoms with Crippen LogP contribution >= 0.6 is 15.9 Å². The molecule has 1 aliphatic heterocycles. The van der Waals surface area contributed by atoms with Crippen LogP contribution in [0.25, 0.3) is 0 Å². The molecule has 2 amide bonds. The fourth-order valence-corrected chi connectivity index (χ4v) is 4.18. The number of methoxy groups -OCH3 is 2. The number of nitrogens with zero attached hydrogens (tertiary/aromatic N) is 1. The van der Waals surface area contributed by atoms with Crippen molar-refractivity contribution < 1.29 is 19.1 Å². The van der Waals surface area contributed by atoms with Crippen molar-refractivity contribution in [3.8, 4) is 11.5 Å². The van der Waals surface area contributed by atoms with Gasteiger partial charge in [-0.15, -0.1) is 0 Å². The molecule has 0 aromatic heterocycles. The van der Waals surface area contributed by atoms with E-state index < -0.39 is 6.04 Å². The minimum Gasteiger partial charge on any atom is -0.493 e. The molecular formula is C24H21BrN2O4. The average Bonchev–Trinajstić information content (AvgIpc) is 2.94. The van der Waals surface area contributed by atoms with E-state index in [1.807, 2.05) is 48.5 Å². The highest BCUT2D eigenvalue weighted by Crippen LogP contribution is 2.38. The Morgan fingerprint density at radius 1 is 1.00 bits per heavy atom. The van der Waals surface area contributed by atoms with Crippen LogP contribution in [0.3, 0.4) is 0 Å². The molecule has 0 fully saturated rings. The molecule has 0 bridgehead atoms. The Kier molecular flexibility index (Phi) is 5.95. The molecule has 6 nitrogen and oxygen atoms in total. The second kappa shape index (κ2) is 8.81. The van der Waals surface area contributed by atoms with Gasteiger partial charge >= 0.3 is 0 Å². The zero-order valence-electron chi connectivity index (χ0n) is 17.1. The van der Waals surface area contributed by atoms with E-state index in [9.17, 15) is 9.59 Å². The van der Waals surface area contributed by atoms with E-state index in [4.69, 9.17) is 9.47 Å². The van der Waals surface area contributed by atoms with Gasteiger partial charge in [0.25, 0.3) is 5.91 Å². The predicted octanol–water partition coefficient (Wildman–Crippen LogP) is 4.65. The maximum absolute atomic E-state index is 13.7. The lowest BCUT2D eigenvalue weighted by Crippen LogP contribution is -2.39. The van der Waals surface area contributed by atoms with E-state index in [0.29, 0.717) is 22.7 Å². The fourth-order valence-electron chi connectivity index (χ4n) is 3.80. The number of ether oxygens (including phenoxy) is 2. The van der Waals surface area contributed by atoms with Crippen molar-refractivity contribution in [2.75, 3.05) is 26.1 Å². The molecule has 0 saturated carbocycles. The summed E-state index contributed by atoms with van der Waals surface area (Å²) in [5.74, 6) is 0.446. The molecule has 0 saturated heterocycles. The molecule has 0 radical (unpaired) electrons. The zero-order chi connectivity index (χ0) is 22.0. The number of anilines is 1. The van der Waals surface area contributed by atoms with E-state index >= 15 is 0 Å². The van der Waals surface area contributed by atoms with Gasteiger partial charge in [-0.3, -0.25) is 9.59 Å². The molecule has 0 aliphatic carbocycles. The SMILES string of the molecule is COc1ccc(C(=O)N2CC(=O)Nc3ccc(Br)cc3C2c2ccccc2)cc1OC. The van der Waals surface area contributed by atoms with Gasteiger partial charge in [0.1, 0.15) is 6.54 Å². The average molecular weight is 481 g/mol. The second-order valence-corrected chi connectivity index (χ2v) is 8.01. The standard InChI is InChI=1S/C24H21BrN2O4/c1-30-20-11-8-16(12-21(20)31-2)24(29)27-14-22(28)26-19-10-9-17(25)13-18(19)23(27)15-6-4-3-5-7-15/h3-13,23H,14H2,1-2H3,(H,26,28). The van der Waals surface area contributed by atoms with Crippen molar-refractivity contribution in [1.29, 1.82) is 0 Å². The Bertz CT molecular complexity index is 1130.